The molecule has 8 heteroatoms. The van der Waals surface area contributed by atoms with Gasteiger partial charge < -0.3 is 10.6 Å². The van der Waals surface area contributed by atoms with E-state index in [1.165, 1.54) is 15.6 Å². The summed E-state index contributed by atoms with van der Waals surface area (Å²) in [7, 11) is 4.03. The third-order valence-electron chi connectivity index (χ3n) is 4.42. The van der Waals surface area contributed by atoms with E-state index in [2.05, 4.69) is 46.4 Å². The molecule has 6 nitrogen and oxygen atoms in total. The third-order valence-corrected chi connectivity index (χ3v) is 5.46. The van der Waals surface area contributed by atoms with Gasteiger partial charge in [-0.1, -0.05) is 18.2 Å². The Morgan fingerprint density at radius 3 is 2.62 bits per heavy atom. The van der Waals surface area contributed by atoms with Crippen LogP contribution in [0.2, 0.25) is 0 Å². The van der Waals surface area contributed by atoms with Crippen molar-refractivity contribution in [3.05, 3.63) is 80.4 Å². The predicted octanol–water partition coefficient (Wildman–Crippen LogP) is 3.20. The van der Waals surface area contributed by atoms with Crippen LogP contribution < -0.4 is 16.3 Å². The van der Waals surface area contributed by atoms with E-state index >= 15 is 0 Å². The van der Waals surface area contributed by atoms with E-state index in [4.69, 9.17) is 5.73 Å². The van der Waals surface area contributed by atoms with E-state index in [9.17, 15) is 9.18 Å². The molecule has 0 amide bonds. The van der Waals surface area contributed by atoms with Crippen molar-refractivity contribution in [1.29, 1.82) is 0 Å². The van der Waals surface area contributed by atoms with E-state index in [1.54, 1.807) is 11.3 Å². The van der Waals surface area contributed by atoms with Gasteiger partial charge in [-0.3, -0.25) is 4.57 Å². The molecule has 0 fully saturated rings. The molecule has 0 unspecified atom stereocenters. The number of aromatic nitrogens is 3. The monoisotopic (exact) mass is 413 g/mol. The second-order valence-electron chi connectivity index (χ2n) is 6.79. The van der Waals surface area contributed by atoms with Gasteiger partial charge >= 0.3 is 5.69 Å². The fourth-order valence-corrected chi connectivity index (χ4v) is 3.64. The number of nitrogens with zero attached hydrogens (tertiary/aromatic N) is 4. The summed E-state index contributed by atoms with van der Waals surface area (Å²) in [5.41, 5.74) is 7.76. The summed E-state index contributed by atoms with van der Waals surface area (Å²) in [5.74, 6) is 0. The predicted molar refractivity (Wildman–Crippen MR) is 118 cm³/mol. The van der Waals surface area contributed by atoms with Crippen LogP contribution in [0.15, 0.2) is 59.4 Å². The first-order chi connectivity index (χ1) is 14.0. The lowest BCUT2D eigenvalue weighted by atomic mass is 10.2. The lowest BCUT2D eigenvalue weighted by Crippen LogP contribution is -2.26. The Labute approximate surface area is 173 Å². The number of nitrogens with two attached hydrogens (primary N) is 1. The molecule has 3 rings (SSSR count). The number of hydrogen-bond donors (Lipinski definition) is 1. The molecule has 1 aromatic carbocycles. The molecule has 0 saturated carbocycles. The molecule has 0 aliphatic carbocycles. The van der Waals surface area contributed by atoms with E-state index < -0.39 is 0 Å². The highest BCUT2D eigenvalue weighted by atomic mass is 32.1. The Morgan fingerprint density at radius 1 is 1.21 bits per heavy atom. The molecule has 2 aromatic heterocycles. The van der Waals surface area contributed by atoms with Crippen LogP contribution >= 0.6 is 11.3 Å². The summed E-state index contributed by atoms with van der Waals surface area (Å²) >= 11 is 1.61. The summed E-state index contributed by atoms with van der Waals surface area (Å²) in [5, 5.41) is 4.04. The standard InChI is InChI=1S/C21H24FN5OS/c1-25(2)18-6-3-16(4-7-18)5-8-19-9-10-20(29-19)14-26-15-24-27(21(26)28)13-17(11-22)12-23/h3-11,15H,12-14,23H2,1-2H3/b8-5+,17-11+. The maximum Gasteiger partial charge on any atom is 0.346 e. The van der Waals surface area contributed by atoms with Gasteiger partial charge in [0.15, 0.2) is 0 Å². The van der Waals surface area contributed by atoms with E-state index in [1.807, 2.05) is 26.2 Å². The summed E-state index contributed by atoms with van der Waals surface area (Å²) in [6, 6.07) is 12.3. The van der Waals surface area contributed by atoms with Gasteiger partial charge in [0.25, 0.3) is 0 Å². The normalized spacial score (nSPS) is 12.1. The van der Waals surface area contributed by atoms with Gasteiger partial charge in [0.2, 0.25) is 0 Å². The maximum absolute atomic E-state index is 12.7. The molecule has 0 aliphatic heterocycles. The fourth-order valence-electron chi connectivity index (χ4n) is 2.72. The number of hydrogen-bond acceptors (Lipinski definition) is 5. The van der Waals surface area contributed by atoms with Crippen molar-refractivity contribution in [3.63, 3.8) is 0 Å². The molecule has 0 atom stereocenters. The highest BCUT2D eigenvalue weighted by molar-refractivity contribution is 7.12. The summed E-state index contributed by atoms with van der Waals surface area (Å²) in [6.45, 7) is 0.532. The minimum absolute atomic E-state index is 0.0499. The number of anilines is 1. The molecule has 2 heterocycles. The number of halogens is 1. The van der Waals surface area contributed by atoms with E-state index in [0.717, 1.165) is 21.0 Å². The van der Waals surface area contributed by atoms with Crippen molar-refractivity contribution in [1.82, 2.24) is 14.3 Å². The Kier molecular flexibility index (Phi) is 6.79. The van der Waals surface area contributed by atoms with Crippen LogP contribution in [0.4, 0.5) is 10.1 Å². The van der Waals surface area contributed by atoms with Crippen LogP contribution in [0.3, 0.4) is 0 Å². The summed E-state index contributed by atoms with van der Waals surface area (Å²) in [6.07, 6.45) is 6.02. The first-order valence-electron chi connectivity index (χ1n) is 9.15. The molecule has 0 radical (unpaired) electrons. The second-order valence-corrected chi connectivity index (χ2v) is 7.99. The summed E-state index contributed by atoms with van der Waals surface area (Å²) < 4.78 is 15.4. The molecule has 0 bridgehead atoms. The van der Waals surface area contributed by atoms with Gasteiger partial charge in [0, 0.05) is 36.1 Å². The molecule has 3 aromatic rings. The quantitative estimate of drug-likeness (QED) is 0.616. The average Bonchev–Trinajstić information content (AvgIpc) is 3.32. The Morgan fingerprint density at radius 2 is 1.97 bits per heavy atom. The van der Waals surface area contributed by atoms with Gasteiger partial charge in [-0.15, -0.1) is 11.3 Å². The molecule has 2 N–H and O–H groups in total. The van der Waals surface area contributed by atoms with Gasteiger partial charge in [-0.05, 0) is 41.5 Å². The lowest BCUT2D eigenvalue weighted by Gasteiger charge is -2.11. The minimum atomic E-state index is -0.288. The van der Waals surface area contributed by atoms with Gasteiger partial charge in [0.05, 0.1) is 19.4 Å². The first-order valence-corrected chi connectivity index (χ1v) is 9.96. The van der Waals surface area contributed by atoms with Gasteiger partial charge in [-0.2, -0.15) is 5.10 Å². The molecule has 152 valence electrons. The second kappa shape index (κ2) is 9.49. The Bertz CT molecular complexity index is 1060. The lowest BCUT2D eigenvalue weighted by molar-refractivity contribution is 0.604. The number of benzene rings is 1. The van der Waals surface area contributed by atoms with Gasteiger partial charge in [0.1, 0.15) is 6.33 Å². The SMILES string of the molecule is CN(C)c1ccc(/C=C/c2ccc(Cn3cnn(C/C(=C/F)CN)c3=O)s2)cc1. The molecule has 29 heavy (non-hydrogen) atoms. The van der Waals surface area contributed by atoms with Crippen LogP contribution in [0, 0.1) is 0 Å². The van der Waals surface area contributed by atoms with Crippen molar-refractivity contribution in [2.24, 2.45) is 5.73 Å². The van der Waals surface area contributed by atoms with Crippen molar-refractivity contribution >= 4 is 29.2 Å². The number of rotatable bonds is 8. The zero-order valence-corrected chi connectivity index (χ0v) is 17.3. The Balaban J connectivity index is 1.66. The number of thiophene rings is 1. The molecule has 0 aliphatic rings. The fraction of sp³-hybridized carbons (Fsp3) is 0.238. The topological polar surface area (TPSA) is 69.1 Å². The smallest absolute Gasteiger partial charge is 0.346 e. The van der Waals surface area contributed by atoms with Crippen LogP contribution in [0.1, 0.15) is 15.3 Å². The molecule has 0 spiro atoms. The van der Waals surface area contributed by atoms with Gasteiger partial charge in [-0.25, -0.2) is 13.9 Å². The average molecular weight is 414 g/mol. The maximum atomic E-state index is 12.7. The van der Waals surface area contributed by atoms with E-state index in [-0.39, 0.29) is 18.8 Å². The van der Waals surface area contributed by atoms with Crippen LogP contribution in [0.5, 0.6) is 0 Å². The molecule has 0 saturated heterocycles. The molecular formula is C21H24FN5OS. The van der Waals surface area contributed by atoms with Crippen molar-refractivity contribution < 1.29 is 4.39 Å². The van der Waals surface area contributed by atoms with Crippen LogP contribution in [-0.4, -0.2) is 35.0 Å². The molecular weight excluding hydrogens is 389 g/mol. The highest BCUT2D eigenvalue weighted by Crippen LogP contribution is 2.20. The van der Waals surface area contributed by atoms with Crippen LogP contribution in [-0.2, 0) is 13.1 Å². The third kappa shape index (κ3) is 5.30. The summed E-state index contributed by atoms with van der Waals surface area (Å²) in [4.78, 5) is 16.6. The van der Waals surface area contributed by atoms with Crippen molar-refractivity contribution in [2.45, 2.75) is 13.1 Å². The van der Waals surface area contributed by atoms with Crippen molar-refractivity contribution in [2.75, 3.05) is 25.5 Å². The van der Waals surface area contributed by atoms with Crippen LogP contribution in [0.25, 0.3) is 12.2 Å². The minimum Gasteiger partial charge on any atom is -0.378 e. The van der Waals surface area contributed by atoms with Crippen molar-refractivity contribution in [3.8, 4) is 0 Å². The zero-order chi connectivity index (χ0) is 20.8. The largest absolute Gasteiger partial charge is 0.378 e. The van der Waals surface area contributed by atoms with E-state index in [0.29, 0.717) is 18.4 Å². The highest BCUT2D eigenvalue weighted by Gasteiger charge is 2.08. The first kappa shape index (κ1) is 20.8. The Hall–Kier alpha value is -2.97. The zero-order valence-electron chi connectivity index (χ0n) is 16.5.